The van der Waals surface area contributed by atoms with E-state index in [0.717, 1.165) is 36.1 Å². The molecule has 0 bridgehead atoms. The molecular weight excluding hydrogens is 295 g/mol. The van der Waals surface area contributed by atoms with E-state index in [1.807, 2.05) is 30.3 Å². The van der Waals surface area contributed by atoms with Gasteiger partial charge >= 0.3 is 6.09 Å². The monoisotopic (exact) mass is 314 g/mol. The topological polar surface area (TPSA) is 61.4 Å². The number of halogens is 1. The first-order chi connectivity index (χ1) is 11.1. The summed E-state index contributed by atoms with van der Waals surface area (Å²) < 4.78 is 13.4. The first kappa shape index (κ1) is 15.5. The molecule has 1 aliphatic heterocycles. The van der Waals surface area contributed by atoms with Crippen molar-refractivity contribution in [3.05, 3.63) is 59.9 Å². The summed E-state index contributed by atoms with van der Waals surface area (Å²) >= 11 is 0. The molecule has 1 saturated heterocycles. The average molecular weight is 314 g/mol. The normalized spacial score (nSPS) is 20.4. The Balaban J connectivity index is 1.76. The van der Waals surface area contributed by atoms with Crippen molar-refractivity contribution in [3.8, 4) is 11.1 Å². The molecule has 0 unspecified atom stereocenters. The van der Waals surface area contributed by atoms with E-state index >= 15 is 0 Å². The third-order valence-electron chi connectivity index (χ3n) is 4.20. The van der Waals surface area contributed by atoms with Crippen molar-refractivity contribution in [3.63, 3.8) is 0 Å². The fraction of sp³-hybridized carbons (Fsp3) is 0.278. The molecule has 0 spiro atoms. The molecule has 0 aromatic heterocycles. The predicted molar refractivity (Wildman–Crippen MR) is 86.9 cm³/mol. The Morgan fingerprint density at radius 3 is 2.70 bits per heavy atom. The van der Waals surface area contributed by atoms with Gasteiger partial charge in [-0.3, -0.25) is 0 Å². The maximum Gasteiger partial charge on any atom is 0.404 e. The molecule has 1 aliphatic rings. The van der Waals surface area contributed by atoms with Crippen molar-refractivity contribution in [2.24, 2.45) is 0 Å². The molecule has 0 aliphatic carbocycles. The number of benzene rings is 2. The molecule has 2 atom stereocenters. The van der Waals surface area contributed by atoms with Crippen LogP contribution in [0.2, 0.25) is 0 Å². The molecule has 120 valence electrons. The first-order valence-corrected chi connectivity index (χ1v) is 7.69. The number of hydrogen-bond acceptors (Lipinski definition) is 2. The van der Waals surface area contributed by atoms with Crippen LogP contribution in [0.5, 0.6) is 0 Å². The van der Waals surface area contributed by atoms with E-state index in [9.17, 15) is 9.18 Å². The van der Waals surface area contributed by atoms with Crippen molar-refractivity contribution < 1.29 is 14.3 Å². The maximum absolute atomic E-state index is 13.4. The molecule has 3 N–H and O–H groups in total. The van der Waals surface area contributed by atoms with Gasteiger partial charge in [0.2, 0.25) is 0 Å². The zero-order valence-corrected chi connectivity index (χ0v) is 12.6. The van der Waals surface area contributed by atoms with Crippen LogP contribution >= 0.6 is 0 Å². The summed E-state index contributed by atoms with van der Waals surface area (Å²) in [6, 6.07) is 14.5. The van der Waals surface area contributed by atoms with Crippen molar-refractivity contribution in [2.75, 3.05) is 6.54 Å². The predicted octanol–water partition coefficient (Wildman–Crippen LogP) is 3.03. The standard InChI is InChI=1S/C18H19FN2O2/c19-15-6-2-5-14(11-15)13-4-1-3-12(9-13)10-17-16(7-8-20-17)21-18(22)23/h1-6,9,11,16-17,20-21H,7-8,10H2,(H,22,23)/t16-,17-/m1/s1. The lowest BCUT2D eigenvalue weighted by Gasteiger charge is -2.19. The largest absolute Gasteiger partial charge is 0.465 e. The van der Waals surface area contributed by atoms with E-state index < -0.39 is 6.09 Å². The Hall–Kier alpha value is -2.40. The summed E-state index contributed by atoms with van der Waals surface area (Å²) in [7, 11) is 0. The highest BCUT2D eigenvalue weighted by atomic mass is 19.1. The van der Waals surface area contributed by atoms with E-state index in [2.05, 4.69) is 10.6 Å². The zero-order valence-electron chi connectivity index (χ0n) is 12.6. The molecule has 5 heteroatoms. The van der Waals surface area contributed by atoms with Gasteiger partial charge in [0.1, 0.15) is 5.82 Å². The third kappa shape index (κ3) is 3.87. The van der Waals surface area contributed by atoms with Gasteiger partial charge in [-0.15, -0.1) is 0 Å². The Morgan fingerprint density at radius 2 is 1.96 bits per heavy atom. The van der Waals surface area contributed by atoms with Gasteiger partial charge in [0.25, 0.3) is 0 Å². The van der Waals surface area contributed by atoms with Crippen LogP contribution in [-0.2, 0) is 6.42 Å². The molecule has 0 radical (unpaired) electrons. The van der Waals surface area contributed by atoms with E-state index in [-0.39, 0.29) is 17.9 Å². The molecule has 4 nitrogen and oxygen atoms in total. The van der Waals surface area contributed by atoms with Crippen LogP contribution in [0.1, 0.15) is 12.0 Å². The molecule has 1 heterocycles. The maximum atomic E-state index is 13.4. The molecule has 23 heavy (non-hydrogen) atoms. The van der Waals surface area contributed by atoms with Gasteiger partial charge in [0.05, 0.1) is 0 Å². The molecule has 1 fully saturated rings. The van der Waals surface area contributed by atoms with Gasteiger partial charge in [-0.05, 0) is 48.2 Å². The molecule has 2 aromatic rings. The Labute approximate surface area is 134 Å². The Kier molecular flexibility index (Phi) is 4.57. The van der Waals surface area contributed by atoms with Gasteiger partial charge < -0.3 is 15.7 Å². The summed E-state index contributed by atoms with van der Waals surface area (Å²) in [5, 5.41) is 14.8. The van der Waals surface area contributed by atoms with Crippen LogP contribution in [0, 0.1) is 5.82 Å². The van der Waals surface area contributed by atoms with Crippen molar-refractivity contribution in [2.45, 2.75) is 24.9 Å². The molecule has 1 amide bonds. The fourth-order valence-electron chi connectivity index (χ4n) is 3.11. The minimum absolute atomic E-state index is 0.0776. The fourth-order valence-corrected chi connectivity index (χ4v) is 3.11. The summed E-state index contributed by atoms with van der Waals surface area (Å²) in [5.41, 5.74) is 2.90. The number of carboxylic acid groups (broad SMARTS) is 1. The molecule has 2 aromatic carbocycles. The van der Waals surface area contributed by atoms with Gasteiger partial charge in [0, 0.05) is 12.1 Å². The molecule has 0 saturated carbocycles. The van der Waals surface area contributed by atoms with Crippen LogP contribution in [-0.4, -0.2) is 29.8 Å². The average Bonchev–Trinajstić information content (AvgIpc) is 2.94. The van der Waals surface area contributed by atoms with Crippen LogP contribution in [0.3, 0.4) is 0 Å². The minimum atomic E-state index is -0.989. The number of rotatable bonds is 4. The smallest absolute Gasteiger partial charge is 0.404 e. The second-order valence-corrected chi connectivity index (χ2v) is 5.82. The van der Waals surface area contributed by atoms with Crippen LogP contribution in [0.15, 0.2) is 48.5 Å². The number of amides is 1. The Bertz CT molecular complexity index is 705. The highest BCUT2D eigenvalue weighted by molar-refractivity contribution is 5.65. The van der Waals surface area contributed by atoms with Crippen molar-refractivity contribution >= 4 is 6.09 Å². The molecular formula is C18H19FN2O2. The van der Waals surface area contributed by atoms with E-state index in [1.165, 1.54) is 12.1 Å². The summed E-state index contributed by atoms with van der Waals surface area (Å²) in [4.78, 5) is 10.8. The number of carbonyl (C=O) groups is 1. The lowest BCUT2D eigenvalue weighted by atomic mass is 9.97. The lowest BCUT2D eigenvalue weighted by molar-refractivity contribution is 0.188. The van der Waals surface area contributed by atoms with E-state index in [0.29, 0.717) is 0 Å². The minimum Gasteiger partial charge on any atom is -0.465 e. The SMILES string of the molecule is O=C(O)N[C@@H]1CCN[C@@H]1Cc1cccc(-c2cccc(F)c2)c1. The van der Waals surface area contributed by atoms with Crippen molar-refractivity contribution in [1.29, 1.82) is 0 Å². The molecule has 3 rings (SSSR count). The van der Waals surface area contributed by atoms with Crippen LogP contribution in [0.4, 0.5) is 9.18 Å². The van der Waals surface area contributed by atoms with E-state index in [1.54, 1.807) is 6.07 Å². The van der Waals surface area contributed by atoms with Crippen LogP contribution < -0.4 is 10.6 Å². The van der Waals surface area contributed by atoms with Gasteiger partial charge in [-0.25, -0.2) is 9.18 Å². The summed E-state index contributed by atoms with van der Waals surface area (Å²) in [5.74, 6) is -0.254. The zero-order chi connectivity index (χ0) is 16.2. The Morgan fingerprint density at radius 1 is 1.22 bits per heavy atom. The van der Waals surface area contributed by atoms with Gasteiger partial charge in [-0.2, -0.15) is 0 Å². The number of nitrogens with one attached hydrogen (secondary N) is 2. The second kappa shape index (κ2) is 6.79. The first-order valence-electron chi connectivity index (χ1n) is 7.69. The quantitative estimate of drug-likeness (QED) is 0.813. The van der Waals surface area contributed by atoms with Crippen molar-refractivity contribution in [1.82, 2.24) is 10.6 Å². The highest BCUT2D eigenvalue weighted by Gasteiger charge is 2.28. The summed E-state index contributed by atoms with van der Waals surface area (Å²) in [6.45, 7) is 0.805. The van der Waals surface area contributed by atoms with Gasteiger partial charge in [0.15, 0.2) is 0 Å². The van der Waals surface area contributed by atoms with Gasteiger partial charge in [-0.1, -0.05) is 36.4 Å². The highest BCUT2D eigenvalue weighted by Crippen LogP contribution is 2.23. The van der Waals surface area contributed by atoms with Crippen LogP contribution in [0.25, 0.3) is 11.1 Å². The number of hydrogen-bond donors (Lipinski definition) is 3. The lowest BCUT2D eigenvalue weighted by Crippen LogP contribution is -2.44. The second-order valence-electron chi connectivity index (χ2n) is 5.82. The summed E-state index contributed by atoms with van der Waals surface area (Å²) in [6.07, 6.45) is 0.534. The van der Waals surface area contributed by atoms with E-state index in [4.69, 9.17) is 5.11 Å². The third-order valence-corrected chi connectivity index (χ3v) is 4.20.